The highest BCUT2D eigenvalue weighted by Gasteiger charge is 2.46. The molecule has 7 heteroatoms. The summed E-state index contributed by atoms with van der Waals surface area (Å²) in [7, 11) is 1.90. The third kappa shape index (κ3) is 3.35. The average molecular weight is 433 g/mol. The Morgan fingerprint density at radius 2 is 2.09 bits per heavy atom. The second-order valence-corrected chi connectivity index (χ2v) is 8.76. The lowest BCUT2D eigenvalue weighted by Gasteiger charge is -2.40. The summed E-state index contributed by atoms with van der Waals surface area (Å²) in [6, 6.07) is 8.97. The van der Waals surface area contributed by atoms with E-state index in [-0.39, 0.29) is 5.91 Å². The van der Waals surface area contributed by atoms with Gasteiger partial charge >= 0.3 is 0 Å². The van der Waals surface area contributed by atoms with Gasteiger partial charge in [-0.2, -0.15) is 5.10 Å². The maximum Gasteiger partial charge on any atom is 0.246 e. The monoisotopic (exact) mass is 432 g/mol. The van der Waals surface area contributed by atoms with Crippen LogP contribution in [0.4, 0.5) is 11.4 Å². The van der Waals surface area contributed by atoms with Crippen molar-refractivity contribution in [3.63, 3.8) is 0 Å². The van der Waals surface area contributed by atoms with Crippen molar-refractivity contribution in [2.45, 2.75) is 45.1 Å². The summed E-state index contributed by atoms with van der Waals surface area (Å²) < 4.78 is 0. The van der Waals surface area contributed by atoms with Crippen LogP contribution < -0.4 is 9.80 Å². The third-order valence-electron chi connectivity index (χ3n) is 7.17. The summed E-state index contributed by atoms with van der Waals surface area (Å²) in [5.41, 5.74) is 5.95. The first kappa shape index (κ1) is 20.9. The van der Waals surface area contributed by atoms with Gasteiger partial charge in [-0.25, -0.2) is 0 Å². The molecule has 2 atom stereocenters. The number of amides is 1. The summed E-state index contributed by atoms with van der Waals surface area (Å²) in [6.45, 7) is 7.77. The van der Waals surface area contributed by atoms with Crippen LogP contribution in [0, 0.1) is 0 Å². The van der Waals surface area contributed by atoms with E-state index in [1.54, 1.807) is 0 Å². The quantitative estimate of drug-likeness (QED) is 0.683. The van der Waals surface area contributed by atoms with Gasteiger partial charge in [0.15, 0.2) is 0 Å². The van der Waals surface area contributed by atoms with Crippen LogP contribution in [-0.2, 0) is 11.2 Å². The van der Waals surface area contributed by atoms with Gasteiger partial charge in [0.2, 0.25) is 5.91 Å². The maximum absolute atomic E-state index is 12.5. The lowest BCUT2D eigenvalue weighted by molar-refractivity contribution is -0.117. The summed E-state index contributed by atoms with van der Waals surface area (Å²) in [5, 5.41) is 8.73. The number of pyridine rings is 1. The molecule has 7 nitrogen and oxygen atoms in total. The van der Waals surface area contributed by atoms with Crippen molar-refractivity contribution in [2.24, 2.45) is 0 Å². The molecule has 0 bridgehead atoms. The number of carbonyl (C=O) groups excluding carboxylic acids is 1. The number of para-hydroxylation sites is 1. The molecule has 1 fully saturated rings. The molecule has 2 unspecified atom stereocenters. The minimum Gasteiger partial charge on any atom is -0.357 e. The van der Waals surface area contributed by atoms with E-state index in [2.05, 4.69) is 43.2 Å². The van der Waals surface area contributed by atoms with Crippen LogP contribution in [0.25, 0.3) is 10.9 Å². The maximum atomic E-state index is 12.5. The second-order valence-electron chi connectivity index (χ2n) is 8.76. The predicted molar refractivity (Wildman–Crippen MR) is 128 cm³/mol. The molecule has 2 aromatic heterocycles. The molecule has 0 saturated carbocycles. The normalized spacial score (nSPS) is 21.9. The van der Waals surface area contributed by atoms with Crippen LogP contribution in [0.1, 0.15) is 43.9 Å². The van der Waals surface area contributed by atoms with Gasteiger partial charge in [-0.05, 0) is 43.5 Å². The fraction of sp³-hybridized carbons (Fsp3) is 0.480. The fourth-order valence-corrected chi connectivity index (χ4v) is 5.66. The number of nitrogens with zero attached hydrogens (tertiary/aromatic N) is 5. The van der Waals surface area contributed by atoms with Gasteiger partial charge in [-0.3, -0.25) is 14.9 Å². The van der Waals surface area contributed by atoms with Crippen LogP contribution in [0.15, 0.2) is 36.7 Å². The van der Waals surface area contributed by atoms with Gasteiger partial charge in [0.25, 0.3) is 0 Å². The summed E-state index contributed by atoms with van der Waals surface area (Å²) in [6.07, 6.45) is 6.87. The van der Waals surface area contributed by atoms with E-state index in [4.69, 9.17) is 0 Å². The Balaban J connectivity index is 0.00000105. The van der Waals surface area contributed by atoms with Gasteiger partial charge in [-0.1, -0.05) is 26.0 Å². The van der Waals surface area contributed by atoms with Gasteiger partial charge in [-0.15, -0.1) is 0 Å². The fourth-order valence-electron chi connectivity index (χ4n) is 5.66. The number of benzene rings is 1. The van der Waals surface area contributed by atoms with Gasteiger partial charge in [0, 0.05) is 49.4 Å². The Labute approximate surface area is 189 Å². The van der Waals surface area contributed by atoms with E-state index in [0.717, 1.165) is 50.1 Å². The highest BCUT2D eigenvalue weighted by Crippen LogP contribution is 2.50. The highest BCUT2D eigenvalue weighted by atomic mass is 16.2. The summed E-state index contributed by atoms with van der Waals surface area (Å²) in [4.78, 5) is 23.5. The van der Waals surface area contributed by atoms with E-state index >= 15 is 0 Å². The second kappa shape index (κ2) is 8.54. The molecule has 3 aliphatic rings. The molecule has 0 spiro atoms. The number of aromatic amines is 1. The standard InChI is InChI=1S/C23H26N6O.C2H6/c1-27-21-6-2-4-15-17-13-28(11-8-20(17)29(23(15)21)14-22(27)30)10-3-5-18-16-7-9-24-12-19(16)26-25-18;1-2/h2,4,6-7,9,12,17,20H,3,5,8,10-11,13-14H2,1H3,(H,25,26);1-2H3. The first-order chi connectivity index (χ1) is 15.7. The molecular weight excluding hydrogens is 400 g/mol. The van der Waals surface area contributed by atoms with E-state index in [1.807, 2.05) is 44.3 Å². The van der Waals surface area contributed by atoms with Crippen LogP contribution in [0.2, 0.25) is 0 Å². The van der Waals surface area contributed by atoms with Crippen LogP contribution in [0.3, 0.4) is 0 Å². The molecule has 5 heterocycles. The topological polar surface area (TPSA) is 68.4 Å². The van der Waals surface area contributed by atoms with Gasteiger partial charge in [0.1, 0.15) is 5.52 Å². The Morgan fingerprint density at radius 1 is 1.22 bits per heavy atom. The molecule has 0 radical (unpaired) electrons. The Kier molecular flexibility index (Phi) is 5.59. The van der Waals surface area contributed by atoms with Crippen molar-refractivity contribution in [2.75, 3.05) is 43.0 Å². The van der Waals surface area contributed by atoms with E-state index in [1.165, 1.54) is 22.3 Å². The predicted octanol–water partition coefficient (Wildman–Crippen LogP) is 3.57. The van der Waals surface area contributed by atoms with Crippen molar-refractivity contribution < 1.29 is 4.79 Å². The SMILES string of the molecule is CC.CN1C(=O)CN2c3c(cccc31)C1CN(CCCc3[nH]nc4cnccc34)CCC12. The zero-order valence-electron chi connectivity index (χ0n) is 19.2. The number of likely N-dealkylation sites (tertiary alicyclic amines) is 1. The first-order valence-electron chi connectivity index (χ1n) is 11.9. The molecule has 3 aromatic rings. The smallest absolute Gasteiger partial charge is 0.246 e. The van der Waals surface area contributed by atoms with Crippen LogP contribution in [-0.4, -0.2) is 65.3 Å². The number of rotatable bonds is 4. The molecule has 1 aromatic carbocycles. The number of aryl methyl sites for hydroxylation is 1. The summed E-state index contributed by atoms with van der Waals surface area (Å²) >= 11 is 0. The summed E-state index contributed by atoms with van der Waals surface area (Å²) in [5.74, 6) is 0.691. The Hall–Kier alpha value is -2.93. The van der Waals surface area contributed by atoms with Crippen LogP contribution >= 0.6 is 0 Å². The first-order valence-corrected chi connectivity index (χ1v) is 11.9. The number of aromatic nitrogens is 3. The number of anilines is 2. The number of nitrogens with one attached hydrogen (secondary N) is 1. The molecular formula is C25H32N6O. The number of carbonyl (C=O) groups is 1. The Morgan fingerprint density at radius 3 is 2.97 bits per heavy atom. The third-order valence-corrected chi connectivity index (χ3v) is 7.17. The van der Waals surface area contributed by atoms with E-state index in [0.29, 0.717) is 18.5 Å². The zero-order chi connectivity index (χ0) is 22.2. The number of likely N-dealkylation sites (N-methyl/N-ethyl adjacent to an activating group) is 1. The lowest BCUT2D eigenvalue weighted by atomic mass is 9.89. The lowest BCUT2D eigenvalue weighted by Crippen LogP contribution is -2.51. The number of fused-ring (bicyclic) bond motifs is 4. The molecule has 32 heavy (non-hydrogen) atoms. The number of piperidine rings is 1. The molecule has 0 aliphatic carbocycles. The van der Waals surface area contributed by atoms with Crippen molar-refractivity contribution in [1.29, 1.82) is 0 Å². The van der Waals surface area contributed by atoms with E-state index in [9.17, 15) is 4.79 Å². The van der Waals surface area contributed by atoms with Crippen LogP contribution in [0.5, 0.6) is 0 Å². The average Bonchev–Trinajstić information content (AvgIpc) is 3.39. The molecule has 6 rings (SSSR count). The number of H-pyrrole nitrogens is 1. The minimum absolute atomic E-state index is 0.199. The molecule has 168 valence electrons. The van der Waals surface area contributed by atoms with Gasteiger partial charge in [0.05, 0.1) is 24.1 Å². The zero-order valence-corrected chi connectivity index (χ0v) is 19.2. The number of hydrogen-bond donors (Lipinski definition) is 1. The largest absolute Gasteiger partial charge is 0.357 e. The van der Waals surface area contributed by atoms with Gasteiger partial charge < -0.3 is 14.7 Å². The molecule has 1 saturated heterocycles. The molecule has 1 N–H and O–H groups in total. The molecule has 3 aliphatic heterocycles. The van der Waals surface area contributed by atoms with Crippen molar-refractivity contribution in [3.8, 4) is 0 Å². The highest BCUT2D eigenvalue weighted by molar-refractivity contribution is 6.04. The van der Waals surface area contributed by atoms with Crippen molar-refractivity contribution >= 4 is 28.2 Å². The van der Waals surface area contributed by atoms with Crippen molar-refractivity contribution in [1.82, 2.24) is 20.1 Å². The molecule has 1 amide bonds. The minimum atomic E-state index is 0.199. The Bertz CT molecular complexity index is 1120. The van der Waals surface area contributed by atoms with Crippen molar-refractivity contribution in [3.05, 3.63) is 47.9 Å². The number of hydrogen-bond acceptors (Lipinski definition) is 5. The van der Waals surface area contributed by atoms with E-state index < -0.39 is 0 Å².